The number of piperidine rings is 1. The van der Waals surface area contributed by atoms with Crippen molar-refractivity contribution < 1.29 is 37.0 Å². The Morgan fingerprint density at radius 1 is 1.13 bits per heavy atom. The van der Waals surface area contributed by atoms with Crippen molar-refractivity contribution in [3.8, 4) is 0 Å². The summed E-state index contributed by atoms with van der Waals surface area (Å²) in [7, 11) is 1.51. The maximum atomic E-state index is 13.1. The predicted molar refractivity (Wildman–Crippen MR) is 149 cm³/mol. The topological polar surface area (TPSA) is 85.3 Å². The van der Waals surface area contributed by atoms with Gasteiger partial charge in [0, 0.05) is 31.1 Å². The molecular weight excluding hydrogens is 605 g/mol. The molecule has 2 bridgehead atoms. The summed E-state index contributed by atoms with van der Waals surface area (Å²) in [6.45, 7) is 3.09. The molecule has 0 spiro atoms. The summed E-state index contributed by atoms with van der Waals surface area (Å²) in [6, 6.07) is 15.6. The molecule has 38 heavy (non-hydrogen) atoms. The van der Waals surface area contributed by atoms with E-state index < -0.39 is 0 Å². The number of nitrogens with zero attached hydrogens (tertiary/aromatic N) is 3. The van der Waals surface area contributed by atoms with Crippen LogP contribution in [0.3, 0.4) is 0 Å². The number of hydrogen-bond acceptors (Lipinski definition) is 9. The van der Waals surface area contributed by atoms with Crippen molar-refractivity contribution in [1.82, 2.24) is 9.80 Å². The van der Waals surface area contributed by atoms with E-state index in [-0.39, 0.29) is 29.7 Å². The van der Waals surface area contributed by atoms with Gasteiger partial charge in [0.1, 0.15) is 0 Å². The Bertz CT molecular complexity index is 1080. The van der Waals surface area contributed by atoms with Crippen LogP contribution in [0.1, 0.15) is 37.2 Å². The molecule has 0 N–H and O–H groups in total. The van der Waals surface area contributed by atoms with Gasteiger partial charge in [-0.05, 0) is 67.6 Å². The molecule has 2 aliphatic rings. The van der Waals surface area contributed by atoms with Gasteiger partial charge in [0.15, 0.2) is 0 Å². The van der Waals surface area contributed by atoms with Crippen LogP contribution in [0.2, 0.25) is 0 Å². The van der Waals surface area contributed by atoms with E-state index >= 15 is 0 Å². The Hall–Kier alpha value is -1.29. The second-order valence-corrected chi connectivity index (χ2v) is 10.7. The van der Waals surface area contributed by atoms with Crippen molar-refractivity contribution in [3.05, 3.63) is 48.0 Å². The molecule has 2 aromatic rings. The molecular formula is C28H36N3O4S2Tc. The fourth-order valence-corrected chi connectivity index (χ4v) is 6.54. The number of rotatable bonds is 12. The van der Waals surface area contributed by atoms with Crippen LogP contribution in [0.4, 0.5) is 0 Å². The Morgan fingerprint density at radius 2 is 1.89 bits per heavy atom. The van der Waals surface area contributed by atoms with E-state index in [4.69, 9.17) is 33.5 Å². The van der Waals surface area contributed by atoms with Crippen molar-refractivity contribution in [2.45, 2.75) is 43.7 Å². The number of hydrogen-bond donors (Lipinski definition) is 0. The predicted octanol–water partition coefficient (Wildman–Crippen LogP) is 2.37. The number of esters is 1. The standard InChI is InChI=1S/C28H39N3O3S2.O.Tc/c1-34-28(33)27-24(22-8-7-20-5-2-3-6-21(20)17-22)18-23-9-10-25(27)31(23)13-4-12-30(14-16-36)19-26(32)29-11-15-35;;/h2-3,5-8,17,23-25,27,35-36H,4,9-16,18-19H2,1H3,(H,29,32);;/q;;+3/p-3/t23-,24+,25+,27-;;/m0../s1/i;;1+1. The molecule has 4 atom stereocenters. The van der Waals surface area contributed by atoms with Crippen molar-refractivity contribution in [3.63, 3.8) is 0 Å². The van der Waals surface area contributed by atoms with Crippen LogP contribution in [-0.2, 0) is 57.1 Å². The molecule has 2 aromatic carbocycles. The van der Waals surface area contributed by atoms with Crippen molar-refractivity contribution in [2.24, 2.45) is 10.9 Å². The molecule has 7 nitrogen and oxygen atoms in total. The fourth-order valence-electron chi connectivity index (χ4n) is 6.19. The number of fused-ring (bicyclic) bond motifs is 3. The Morgan fingerprint density at radius 3 is 2.61 bits per heavy atom. The third-order valence-electron chi connectivity index (χ3n) is 7.78. The average Bonchev–Trinajstić information content (AvgIpc) is 3.22. The van der Waals surface area contributed by atoms with E-state index in [1.807, 2.05) is 0 Å². The summed E-state index contributed by atoms with van der Waals surface area (Å²) in [4.78, 5) is 21.7. The van der Waals surface area contributed by atoms with E-state index in [0.717, 1.165) is 57.6 Å². The molecule has 206 valence electrons. The summed E-state index contributed by atoms with van der Waals surface area (Å²) < 4.78 is 13.6. The molecule has 2 fully saturated rings. The fraction of sp³-hybridized carbons (Fsp3) is 0.571. The molecule has 0 aromatic heterocycles. The van der Waals surface area contributed by atoms with Gasteiger partial charge in [-0.15, -0.1) is 0 Å². The van der Waals surface area contributed by atoms with Crippen LogP contribution in [0.25, 0.3) is 10.8 Å². The minimum atomic E-state index is -0.169. The molecule has 0 aliphatic carbocycles. The first-order valence-electron chi connectivity index (χ1n) is 13.1. The van der Waals surface area contributed by atoms with E-state index in [2.05, 4.69) is 57.3 Å². The van der Waals surface area contributed by atoms with Gasteiger partial charge < -0.3 is 45.0 Å². The van der Waals surface area contributed by atoms with Crippen molar-refractivity contribution in [1.29, 1.82) is 0 Å². The zero-order valence-electron chi connectivity index (χ0n) is 21.8. The third-order valence-corrected chi connectivity index (χ3v) is 8.14. The van der Waals surface area contributed by atoms with Crippen LogP contribution >= 0.6 is 0 Å². The number of aliphatic imine (C=N–C) groups is 1. The monoisotopic (exact) mass is 641 g/mol. The van der Waals surface area contributed by atoms with Gasteiger partial charge in [0.25, 0.3) is 0 Å². The number of methoxy groups -OCH3 is 1. The molecule has 0 radical (unpaired) electrons. The normalized spacial score (nSPS) is 23.3. The van der Waals surface area contributed by atoms with Crippen LogP contribution in [0.5, 0.6) is 0 Å². The van der Waals surface area contributed by atoms with Crippen LogP contribution in [-0.4, -0.2) is 85.1 Å². The average molecular weight is 642 g/mol. The maximum absolute atomic E-state index is 13.1. The molecule has 2 aliphatic heterocycles. The van der Waals surface area contributed by atoms with E-state index in [1.165, 1.54) is 23.4 Å². The quantitative estimate of drug-likeness (QED) is 0.151. The molecule has 2 heterocycles. The second kappa shape index (κ2) is 16.1. The van der Waals surface area contributed by atoms with Gasteiger partial charge in [-0.25, -0.2) is 0 Å². The van der Waals surface area contributed by atoms with Crippen LogP contribution in [0, 0.1) is 5.92 Å². The van der Waals surface area contributed by atoms with Crippen molar-refractivity contribution in [2.75, 3.05) is 51.3 Å². The molecule has 4 rings (SSSR count). The van der Waals surface area contributed by atoms with Gasteiger partial charge in [0.2, 0.25) is 0 Å². The van der Waals surface area contributed by atoms with Gasteiger partial charge >= 0.3 is 28.3 Å². The molecule has 0 amide bonds. The second-order valence-electron chi connectivity index (χ2n) is 9.85. The van der Waals surface area contributed by atoms with Gasteiger partial charge in [-0.1, -0.05) is 42.5 Å². The Kier molecular flexibility index (Phi) is 13.2. The Balaban J connectivity index is 0.00000195. The number of carbonyl (C=O) groups excluding carboxylic acids is 1. The van der Waals surface area contributed by atoms with Gasteiger partial charge in [0.05, 0.1) is 13.0 Å². The van der Waals surface area contributed by atoms with E-state index in [0.29, 0.717) is 37.2 Å². The number of ether oxygens (including phenoxy) is 1. The summed E-state index contributed by atoms with van der Waals surface area (Å²) >= 11 is 11.0. The molecule has 0 unspecified atom stereocenters. The summed E-state index contributed by atoms with van der Waals surface area (Å²) in [5.41, 5.74) is 1.23. The Labute approximate surface area is 247 Å². The minimum absolute atomic E-state index is 0.106. The van der Waals surface area contributed by atoms with Crippen LogP contribution in [0.15, 0.2) is 47.5 Å². The zero-order chi connectivity index (χ0) is 27.5. The number of benzene rings is 2. The molecule has 2 saturated heterocycles. The van der Waals surface area contributed by atoms with E-state index in [1.54, 1.807) is 0 Å². The van der Waals surface area contributed by atoms with Gasteiger partial charge in [-0.2, -0.15) is 11.5 Å². The van der Waals surface area contributed by atoms with Gasteiger partial charge in [-0.3, -0.25) is 9.69 Å². The first-order valence-corrected chi connectivity index (χ1v) is 15.0. The van der Waals surface area contributed by atoms with Crippen molar-refractivity contribution >= 4 is 47.9 Å². The van der Waals surface area contributed by atoms with Crippen LogP contribution < -0.4 is 5.11 Å². The summed E-state index contributed by atoms with van der Waals surface area (Å²) in [5, 5.41) is 14.5. The zero-order valence-corrected chi connectivity index (χ0v) is 25.3. The molecule has 0 saturated carbocycles. The number of carbonyl (C=O) groups is 1. The summed E-state index contributed by atoms with van der Waals surface area (Å²) in [5.74, 6) is 0.816. The first kappa shape index (κ1) is 31.2. The molecule has 10 heteroatoms. The van der Waals surface area contributed by atoms with E-state index in [9.17, 15) is 9.90 Å². The first-order chi connectivity index (χ1) is 18.5. The SMILES string of the molecule is COC(=O)[C@H]1[C@@H](c2ccc3ccccc3c2)C[C@@H]2CC[C@H]1N2CCCN(CC[S-])CC([O-])=NCC[S-].[O]=[99Tc+3]. The summed E-state index contributed by atoms with van der Waals surface area (Å²) in [6.07, 6.45) is 4.01. The third kappa shape index (κ3) is 7.89.